The number of amides is 1. The van der Waals surface area contributed by atoms with Gasteiger partial charge >= 0.3 is 5.69 Å². The molecular formula is C23H26N4O5S. The minimum absolute atomic E-state index is 0.0439. The molecule has 2 unspecified atom stereocenters. The van der Waals surface area contributed by atoms with Crippen LogP contribution < -0.4 is 11.0 Å². The number of benzene rings is 2. The number of para-hydroxylation sites is 2. The number of imidazole rings is 1. The predicted molar refractivity (Wildman–Crippen MR) is 124 cm³/mol. The van der Waals surface area contributed by atoms with Crippen LogP contribution in [0.4, 0.5) is 5.69 Å². The average Bonchev–Trinajstić information content (AvgIpc) is 3.11. The van der Waals surface area contributed by atoms with Gasteiger partial charge < -0.3 is 15.0 Å². The second-order valence-electron chi connectivity index (χ2n) is 8.15. The van der Waals surface area contributed by atoms with Gasteiger partial charge in [-0.25, -0.2) is 13.2 Å². The Bertz CT molecular complexity index is 1330. The number of carbonyl (C=O) groups is 1. The Morgan fingerprint density at radius 3 is 2.45 bits per heavy atom. The number of anilines is 1. The molecule has 33 heavy (non-hydrogen) atoms. The molecule has 1 aliphatic rings. The van der Waals surface area contributed by atoms with Crippen molar-refractivity contribution in [3.8, 4) is 5.69 Å². The molecule has 2 heterocycles. The van der Waals surface area contributed by atoms with Crippen LogP contribution in [0.5, 0.6) is 0 Å². The van der Waals surface area contributed by atoms with Gasteiger partial charge in [0.25, 0.3) is 5.91 Å². The number of ether oxygens (including phenoxy) is 1. The molecule has 10 heteroatoms. The molecule has 2 atom stereocenters. The van der Waals surface area contributed by atoms with Crippen LogP contribution in [0.3, 0.4) is 0 Å². The number of nitrogens with one attached hydrogen (secondary N) is 2. The number of H-pyrrole nitrogens is 1. The Hall–Kier alpha value is -3.21. The molecule has 1 aromatic heterocycles. The smallest absolute Gasteiger partial charge is 0.330 e. The molecule has 1 fully saturated rings. The highest BCUT2D eigenvalue weighted by Crippen LogP contribution is 2.24. The summed E-state index contributed by atoms with van der Waals surface area (Å²) in [6.45, 7) is 5.94. The number of aromatic nitrogens is 2. The lowest BCUT2D eigenvalue weighted by molar-refractivity contribution is -0.0440. The lowest BCUT2D eigenvalue weighted by atomic mass is 10.2. The first-order valence-electron chi connectivity index (χ1n) is 10.6. The van der Waals surface area contributed by atoms with Crippen LogP contribution in [0.2, 0.25) is 0 Å². The molecule has 2 N–H and O–H groups in total. The molecule has 0 aliphatic carbocycles. The van der Waals surface area contributed by atoms with E-state index in [0.717, 1.165) is 0 Å². The van der Waals surface area contributed by atoms with Crippen molar-refractivity contribution in [3.05, 3.63) is 76.5 Å². The fraction of sp³-hybridized carbons (Fsp3) is 0.304. The van der Waals surface area contributed by atoms with E-state index in [1.807, 2.05) is 13.8 Å². The number of aromatic amines is 1. The maximum Gasteiger partial charge on any atom is 0.330 e. The summed E-state index contributed by atoms with van der Waals surface area (Å²) in [5, 5.41) is 2.80. The monoisotopic (exact) mass is 470 g/mol. The Morgan fingerprint density at radius 2 is 1.79 bits per heavy atom. The zero-order valence-electron chi connectivity index (χ0n) is 18.6. The van der Waals surface area contributed by atoms with Crippen molar-refractivity contribution in [2.24, 2.45) is 0 Å². The van der Waals surface area contributed by atoms with Crippen molar-refractivity contribution < 1.29 is 17.9 Å². The Balaban J connectivity index is 1.62. The summed E-state index contributed by atoms with van der Waals surface area (Å²) in [4.78, 5) is 27.9. The first-order valence-corrected chi connectivity index (χ1v) is 12.0. The molecule has 3 aromatic rings. The molecule has 9 nitrogen and oxygen atoms in total. The van der Waals surface area contributed by atoms with Crippen molar-refractivity contribution >= 4 is 21.6 Å². The first kappa shape index (κ1) is 23.0. The number of rotatable bonds is 5. The van der Waals surface area contributed by atoms with Crippen LogP contribution in [0, 0.1) is 6.92 Å². The summed E-state index contributed by atoms with van der Waals surface area (Å²) in [6, 6.07) is 12.9. The van der Waals surface area contributed by atoms with E-state index in [9.17, 15) is 18.0 Å². The molecule has 174 valence electrons. The molecule has 2 aromatic carbocycles. The van der Waals surface area contributed by atoms with Crippen LogP contribution in [-0.2, 0) is 14.8 Å². The topological polar surface area (TPSA) is 114 Å². The third kappa shape index (κ3) is 4.63. The van der Waals surface area contributed by atoms with Crippen LogP contribution in [0.1, 0.15) is 29.9 Å². The average molecular weight is 471 g/mol. The van der Waals surface area contributed by atoms with Crippen LogP contribution in [0.15, 0.2) is 64.4 Å². The fourth-order valence-electron chi connectivity index (χ4n) is 4.00. The Labute approximate surface area is 192 Å². The van der Waals surface area contributed by atoms with Gasteiger partial charge in [0, 0.05) is 30.5 Å². The SMILES string of the molecule is Cc1c[nH]c(=O)n1-c1ccccc1NC(=O)c1cccc(S(=O)(=O)N2CC(C)OC(C)C2)c1. The highest BCUT2D eigenvalue weighted by molar-refractivity contribution is 7.89. The summed E-state index contributed by atoms with van der Waals surface area (Å²) in [6.07, 6.45) is 1.15. The fourth-order valence-corrected chi connectivity index (χ4v) is 5.63. The second-order valence-corrected chi connectivity index (χ2v) is 10.1. The van der Waals surface area contributed by atoms with E-state index < -0.39 is 15.9 Å². The number of morpholine rings is 1. The lowest BCUT2D eigenvalue weighted by Gasteiger charge is -2.34. The molecule has 0 saturated carbocycles. The zero-order valence-corrected chi connectivity index (χ0v) is 19.4. The third-order valence-electron chi connectivity index (χ3n) is 5.47. The molecule has 1 aliphatic heterocycles. The first-order chi connectivity index (χ1) is 15.7. The van der Waals surface area contributed by atoms with Crippen LogP contribution in [-0.4, -0.2) is 53.5 Å². The van der Waals surface area contributed by atoms with Gasteiger partial charge in [0.05, 0.1) is 28.5 Å². The summed E-state index contributed by atoms with van der Waals surface area (Å²) in [5.74, 6) is -0.482. The molecule has 1 amide bonds. The number of aryl methyl sites for hydroxylation is 1. The largest absolute Gasteiger partial charge is 0.373 e. The van der Waals surface area contributed by atoms with E-state index in [1.54, 1.807) is 49.5 Å². The number of hydrogen-bond donors (Lipinski definition) is 2. The van der Waals surface area contributed by atoms with Crippen molar-refractivity contribution in [2.75, 3.05) is 18.4 Å². The predicted octanol–water partition coefficient (Wildman–Crippen LogP) is 2.52. The van der Waals surface area contributed by atoms with Crippen molar-refractivity contribution in [3.63, 3.8) is 0 Å². The van der Waals surface area contributed by atoms with E-state index in [2.05, 4.69) is 10.3 Å². The number of hydrogen-bond acceptors (Lipinski definition) is 5. The normalized spacial score (nSPS) is 19.4. The van der Waals surface area contributed by atoms with Gasteiger partial charge in [0.1, 0.15) is 0 Å². The van der Waals surface area contributed by atoms with E-state index in [0.29, 0.717) is 17.1 Å². The van der Waals surface area contributed by atoms with Gasteiger partial charge in [0.15, 0.2) is 0 Å². The summed E-state index contributed by atoms with van der Waals surface area (Å²) >= 11 is 0. The summed E-state index contributed by atoms with van der Waals surface area (Å²) < 4.78 is 34.9. The Kier molecular flexibility index (Phi) is 6.24. The van der Waals surface area contributed by atoms with Crippen LogP contribution >= 0.6 is 0 Å². The van der Waals surface area contributed by atoms with Gasteiger partial charge in [-0.15, -0.1) is 0 Å². The van der Waals surface area contributed by atoms with Crippen molar-refractivity contribution in [2.45, 2.75) is 37.9 Å². The van der Waals surface area contributed by atoms with E-state index in [1.165, 1.54) is 21.0 Å². The highest BCUT2D eigenvalue weighted by atomic mass is 32.2. The third-order valence-corrected chi connectivity index (χ3v) is 7.30. The van der Waals surface area contributed by atoms with Crippen molar-refractivity contribution in [1.82, 2.24) is 13.9 Å². The van der Waals surface area contributed by atoms with E-state index >= 15 is 0 Å². The van der Waals surface area contributed by atoms with Gasteiger partial charge in [0.2, 0.25) is 10.0 Å². The number of carbonyl (C=O) groups excluding carboxylic acids is 1. The standard InChI is InChI=1S/C23H26N4O5S/c1-15-12-24-23(29)27(15)21-10-5-4-9-20(21)25-22(28)18-7-6-8-19(11-18)33(30,31)26-13-16(2)32-17(3)14-26/h4-12,16-17H,13-14H2,1-3H3,(H,24,29)(H,25,28). The summed E-state index contributed by atoms with van der Waals surface area (Å²) in [7, 11) is -3.79. The van der Waals surface area contributed by atoms with E-state index in [-0.39, 0.29) is 41.4 Å². The zero-order chi connectivity index (χ0) is 23.8. The number of nitrogens with zero attached hydrogens (tertiary/aromatic N) is 2. The second kappa shape index (κ2) is 8.97. The van der Waals surface area contributed by atoms with E-state index in [4.69, 9.17) is 4.74 Å². The van der Waals surface area contributed by atoms with Gasteiger partial charge in [-0.3, -0.25) is 9.36 Å². The number of sulfonamides is 1. The van der Waals surface area contributed by atoms with Gasteiger partial charge in [-0.1, -0.05) is 18.2 Å². The lowest BCUT2D eigenvalue weighted by Crippen LogP contribution is -2.48. The molecule has 0 radical (unpaired) electrons. The molecular weight excluding hydrogens is 444 g/mol. The minimum atomic E-state index is -3.79. The molecule has 0 spiro atoms. The maximum absolute atomic E-state index is 13.2. The highest BCUT2D eigenvalue weighted by Gasteiger charge is 2.32. The maximum atomic E-state index is 13.2. The quantitative estimate of drug-likeness (QED) is 0.595. The van der Waals surface area contributed by atoms with Gasteiger partial charge in [-0.05, 0) is 51.1 Å². The van der Waals surface area contributed by atoms with Crippen molar-refractivity contribution in [1.29, 1.82) is 0 Å². The van der Waals surface area contributed by atoms with Crippen LogP contribution in [0.25, 0.3) is 5.69 Å². The minimum Gasteiger partial charge on any atom is -0.373 e. The molecule has 1 saturated heterocycles. The van der Waals surface area contributed by atoms with Gasteiger partial charge in [-0.2, -0.15) is 4.31 Å². The Morgan fingerprint density at radius 1 is 1.09 bits per heavy atom. The molecule has 4 rings (SSSR count). The summed E-state index contributed by atoms with van der Waals surface area (Å²) in [5.41, 5.74) is 1.49. The molecule has 0 bridgehead atoms.